The van der Waals surface area contributed by atoms with Crippen LogP contribution in [0.2, 0.25) is 0 Å². The molecule has 0 aliphatic rings. The van der Waals surface area contributed by atoms with Crippen LogP contribution in [-0.4, -0.2) is 37.1 Å². The van der Waals surface area contributed by atoms with Crippen molar-refractivity contribution in [2.45, 2.75) is 11.8 Å². The maximum atomic E-state index is 12.6. The van der Waals surface area contributed by atoms with Gasteiger partial charge < -0.3 is 14.8 Å². The number of hydrogen-bond donors (Lipinski definition) is 1. The zero-order chi connectivity index (χ0) is 22.9. The molecule has 1 N–H and O–H groups in total. The summed E-state index contributed by atoms with van der Waals surface area (Å²) in [5.74, 6) is -0.353. The first-order chi connectivity index (χ1) is 15.5. The molecule has 7 heteroatoms. The van der Waals surface area contributed by atoms with Crippen molar-refractivity contribution in [3.05, 3.63) is 89.5 Å². The van der Waals surface area contributed by atoms with Crippen molar-refractivity contribution in [2.24, 2.45) is 0 Å². The monoisotopic (exact) mass is 449 g/mol. The number of benzene rings is 3. The molecule has 1 amide bonds. The van der Waals surface area contributed by atoms with Crippen molar-refractivity contribution in [3.63, 3.8) is 0 Å². The molecule has 32 heavy (non-hydrogen) atoms. The predicted octanol–water partition coefficient (Wildman–Crippen LogP) is 4.77. The van der Waals surface area contributed by atoms with Gasteiger partial charge in [-0.25, -0.2) is 4.79 Å². The molecule has 3 aromatic rings. The van der Waals surface area contributed by atoms with Crippen LogP contribution >= 0.6 is 11.8 Å². The van der Waals surface area contributed by atoms with Gasteiger partial charge in [0.1, 0.15) is 5.75 Å². The highest BCUT2D eigenvalue weighted by atomic mass is 32.2. The van der Waals surface area contributed by atoms with E-state index in [9.17, 15) is 14.4 Å². The average molecular weight is 450 g/mol. The Morgan fingerprint density at radius 1 is 0.906 bits per heavy atom. The van der Waals surface area contributed by atoms with Crippen LogP contribution in [0.15, 0.2) is 77.7 Å². The molecule has 0 atom stereocenters. The van der Waals surface area contributed by atoms with Crippen LogP contribution in [0.5, 0.6) is 5.75 Å². The van der Waals surface area contributed by atoms with Crippen molar-refractivity contribution in [1.82, 2.24) is 0 Å². The molecule has 3 aromatic carbocycles. The number of aryl methyl sites for hydroxylation is 1. The van der Waals surface area contributed by atoms with E-state index in [2.05, 4.69) is 5.32 Å². The zero-order valence-corrected chi connectivity index (χ0v) is 18.6. The number of hydrogen-bond acceptors (Lipinski definition) is 6. The molecule has 0 saturated heterocycles. The summed E-state index contributed by atoms with van der Waals surface area (Å²) in [7, 11) is 1.54. The molecule has 0 fully saturated rings. The first-order valence-corrected chi connectivity index (χ1v) is 10.9. The summed E-state index contributed by atoms with van der Waals surface area (Å²) in [4.78, 5) is 37.7. The van der Waals surface area contributed by atoms with Crippen LogP contribution in [0, 0.1) is 6.92 Å². The SMILES string of the molecule is COc1ccc(C(=O)COC(=O)c2ccccc2SCC(=O)Nc2ccc(C)cc2)cc1. The Morgan fingerprint density at radius 2 is 1.59 bits per heavy atom. The standard InChI is InChI=1S/C25H23NO5S/c1-17-7-11-19(12-8-17)26-24(28)16-32-23-6-4-3-5-21(23)25(29)31-15-22(27)18-9-13-20(30-2)14-10-18/h3-14H,15-16H2,1-2H3,(H,26,28). The molecule has 0 bridgehead atoms. The molecule has 0 aliphatic carbocycles. The van der Waals surface area contributed by atoms with Gasteiger partial charge in [0.25, 0.3) is 0 Å². The molecule has 3 rings (SSSR count). The molecular formula is C25H23NO5S. The van der Waals surface area contributed by atoms with Gasteiger partial charge in [-0.3, -0.25) is 9.59 Å². The van der Waals surface area contributed by atoms with Gasteiger partial charge in [0.15, 0.2) is 12.4 Å². The quantitative estimate of drug-likeness (QED) is 0.288. The van der Waals surface area contributed by atoms with Crippen LogP contribution < -0.4 is 10.1 Å². The van der Waals surface area contributed by atoms with E-state index in [0.29, 0.717) is 27.5 Å². The van der Waals surface area contributed by atoms with E-state index in [-0.39, 0.29) is 24.1 Å². The summed E-state index contributed by atoms with van der Waals surface area (Å²) in [6.07, 6.45) is 0. The first-order valence-electron chi connectivity index (χ1n) is 9.89. The number of thioether (sulfide) groups is 1. The van der Waals surface area contributed by atoms with Gasteiger partial charge in [-0.15, -0.1) is 11.8 Å². The number of carbonyl (C=O) groups is 3. The number of ketones is 1. The molecule has 0 radical (unpaired) electrons. The highest BCUT2D eigenvalue weighted by Crippen LogP contribution is 2.24. The zero-order valence-electron chi connectivity index (χ0n) is 17.8. The highest BCUT2D eigenvalue weighted by molar-refractivity contribution is 8.00. The van der Waals surface area contributed by atoms with Gasteiger partial charge in [-0.1, -0.05) is 29.8 Å². The Kier molecular flexibility index (Phi) is 8.05. The third kappa shape index (κ3) is 6.46. The number of anilines is 1. The summed E-state index contributed by atoms with van der Waals surface area (Å²) >= 11 is 1.23. The lowest BCUT2D eigenvalue weighted by Gasteiger charge is -2.10. The molecule has 164 valence electrons. The number of nitrogens with one attached hydrogen (secondary N) is 1. The fourth-order valence-corrected chi connectivity index (χ4v) is 3.65. The number of esters is 1. The van der Waals surface area contributed by atoms with E-state index in [0.717, 1.165) is 5.56 Å². The minimum atomic E-state index is -0.617. The van der Waals surface area contributed by atoms with Crippen molar-refractivity contribution in [3.8, 4) is 5.75 Å². The molecule has 0 unspecified atom stereocenters. The van der Waals surface area contributed by atoms with Crippen molar-refractivity contribution < 1.29 is 23.9 Å². The van der Waals surface area contributed by atoms with Crippen LogP contribution in [0.3, 0.4) is 0 Å². The third-order valence-corrected chi connectivity index (χ3v) is 5.62. The summed E-state index contributed by atoms with van der Waals surface area (Å²) < 4.78 is 10.3. The average Bonchev–Trinajstić information content (AvgIpc) is 2.82. The fraction of sp³-hybridized carbons (Fsp3) is 0.160. The summed E-state index contributed by atoms with van der Waals surface area (Å²) in [6, 6.07) is 20.9. The summed E-state index contributed by atoms with van der Waals surface area (Å²) in [5, 5.41) is 2.82. The Morgan fingerprint density at radius 3 is 2.28 bits per heavy atom. The van der Waals surface area contributed by atoms with E-state index in [1.807, 2.05) is 31.2 Å². The van der Waals surface area contributed by atoms with Crippen LogP contribution in [0.4, 0.5) is 5.69 Å². The van der Waals surface area contributed by atoms with Crippen LogP contribution in [0.1, 0.15) is 26.3 Å². The van der Waals surface area contributed by atoms with Crippen LogP contribution in [0.25, 0.3) is 0 Å². The maximum Gasteiger partial charge on any atom is 0.339 e. The number of ether oxygens (including phenoxy) is 2. The molecular weight excluding hydrogens is 426 g/mol. The molecule has 0 aliphatic heterocycles. The molecule has 0 aromatic heterocycles. The second kappa shape index (κ2) is 11.2. The van der Waals surface area contributed by atoms with Crippen molar-refractivity contribution in [2.75, 3.05) is 24.8 Å². The van der Waals surface area contributed by atoms with Gasteiger partial charge in [0, 0.05) is 16.1 Å². The molecule has 0 heterocycles. The van der Waals surface area contributed by atoms with E-state index in [1.165, 1.54) is 11.8 Å². The van der Waals surface area contributed by atoms with Crippen molar-refractivity contribution in [1.29, 1.82) is 0 Å². The van der Waals surface area contributed by atoms with E-state index in [4.69, 9.17) is 9.47 Å². The second-order valence-electron chi connectivity index (χ2n) is 6.93. The third-order valence-electron chi connectivity index (χ3n) is 4.55. The van der Waals surface area contributed by atoms with Gasteiger partial charge >= 0.3 is 5.97 Å². The number of carbonyl (C=O) groups excluding carboxylic acids is 3. The second-order valence-corrected chi connectivity index (χ2v) is 7.94. The Labute approximate surface area is 190 Å². The lowest BCUT2D eigenvalue weighted by atomic mass is 10.1. The Hall–Kier alpha value is -3.58. The predicted molar refractivity (Wildman–Crippen MR) is 125 cm³/mol. The fourth-order valence-electron chi connectivity index (χ4n) is 2.81. The number of amides is 1. The van der Waals surface area contributed by atoms with Gasteiger partial charge in [0.05, 0.1) is 18.4 Å². The molecule has 0 saturated carbocycles. The van der Waals surface area contributed by atoms with Crippen LogP contribution in [-0.2, 0) is 9.53 Å². The number of rotatable bonds is 9. The summed E-state index contributed by atoms with van der Waals surface area (Å²) in [5.41, 5.74) is 2.55. The Bertz CT molecular complexity index is 1090. The topological polar surface area (TPSA) is 81.7 Å². The molecule has 6 nitrogen and oxygen atoms in total. The lowest BCUT2D eigenvalue weighted by molar-refractivity contribution is -0.113. The largest absolute Gasteiger partial charge is 0.497 e. The Balaban J connectivity index is 1.56. The minimum Gasteiger partial charge on any atom is -0.497 e. The van der Waals surface area contributed by atoms with Gasteiger partial charge in [-0.05, 0) is 55.5 Å². The maximum absolute atomic E-state index is 12.6. The highest BCUT2D eigenvalue weighted by Gasteiger charge is 2.16. The lowest BCUT2D eigenvalue weighted by Crippen LogP contribution is -2.16. The smallest absolute Gasteiger partial charge is 0.339 e. The first kappa shape index (κ1) is 23.1. The summed E-state index contributed by atoms with van der Waals surface area (Å²) in [6.45, 7) is 1.60. The minimum absolute atomic E-state index is 0.128. The number of Topliss-reactive ketones (excluding diaryl/α,β-unsaturated/α-hetero) is 1. The van der Waals surface area contributed by atoms with Crippen molar-refractivity contribution >= 4 is 35.1 Å². The van der Waals surface area contributed by atoms with E-state index < -0.39 is 5.97 Å². The number of methoxy groups -OCH3 is 1. The van der Waals surface area contributed by atoms with E-state index in [1.54, 1.807) is 55.6 Å². The van der Waals surface area contributed by atoms with Gasteiger partial charge in [-0.2, -0.15) is 0 Å². The normalized spacial score (nSPS) is 10.3. The molecule has 0 spiro atoms. The van der Waals surface area contributed by atoms with Gasteiger partial charge in [0.2, 0.25) is 5.91 Å². The van der Waals surface area contributed by atoms with E-state index >= 15 is 0 Å².